The van der Waals surface area contributed by atoms with Crippen LogP contribution >= 0.6 is 55.1 Å². The number of alkyl halides is 4. The molecule has 4 nitrogen and oxygen atoms in total. The second-order valence-electron chi connectivity index (χ2n) is 4.31. The Kier molecular flexibility index (Phi) is 8.03. The van der Waals surface area contributed by atoms with E-state index in [9.17, 15) is 9.59 Å². The maximum atomic E-state index is 11.8. The van der Waals surface area contributed by atoms with Gasteiger partial charge >= 0.3 is 0 Å². The Hall–Kier alpha value is 0.480. The fraction of sp³-hybridized carbons (Fsp3) is 0.818. The number of hydrogen-bond acceptors (Lipinski definition) is 2. The Morgan fingerprint density at radius 3 is 1.42 bits per heavy atom. The molecule has 2 amide bonds. The van der Waals surface area contributed by atoms with Crippen molar-refractivity contribution in [1.29, 1.82) is 0 Å². The predicted molar refractivity (Wildman–Crippen MR) is 84.1 cm³/mol. The van der Waals surface area contributed by atoms with Crippen LogP contribution in [0.3, 0.4) is 0 Å². The van der Waals surface area contributed by atoms with Crippen molar-refractivity contribution in [2.45, 2.75) is 27.8 Å². The highest BCUT2D eigenvalue weighted by molar-refractivity contribution is 9.10. The number of carbonyl (C=O) groups excluding carboxylic acids is 2. The van der Waals surface area contributed by atoms with Gasteiger partial charge in [0, 0.05) is 26.2 Å². The normalized spacial score (nSPS) is 21.1. The lowest BCUT2D eigenvalue weighted by Crippen LogP contribution is -2.38. The molecule has 1 aliphatic rings. The van der Waals surface area contributed by atoms with Crippen LogP contribution in [0.2, 0.25) is 0 Å². The summed E-state index contributed by atoms with van der Waals surface area (Å²) < 4.78 is -1.36. The summed E-state index contributed by atoms with van der Waals surface area (Å²) >= 11 is 17.7. The molecule has 0 aliphatic carbocycles. The summed E-state index contributed by atoms with van der Waals surface area (Å²) in [5, 5.41) is 0. The molecular formula is C11H16Br2Cl2N2O2. The van der Waals surface area contributed by atoms with E-state index in [1.165, 1.54) is 0 Å². The second-order valence-corrected chi connectivity index (χ2v) is 8.07. The van der Waals surface area contributed by atoms with Crippen molar-refractivity contribution in [3.63, 3.8) is 0 Å². The predicted octanol–water partition coefficient (Wildman–Crippen LogP) is 2.75. The minimum atomic E-state index is -0.680. The summed E-state index contributed by atoms with van der Waals surface area (Å²) in [7, 11) is 0. The van der Waals surface area contributed by atoms with Gasteiger partial charge in [-0.1, -0.05) is 55.1 Å². The molecule has 0 N–H and O–H groups in total. The molecule has 19 heavy (non-hydrogen) atoms. The van der Waals surface area contributed by atoms with Crippen LogP contribution < -0.4 is 0 Å². The Balaban J connectivity index is 2.57. The number of carbonyl (C=O) groups is 2. The molecule has 0 saturated carbocycles. The summed E-state index contributed by atoms with van der Waals surface area (Å²) in [5.74, 6) is -0.227. The minimum Gasteiger partial charge on any atom is -0.341 e. The van der Waals surface area contributed by atoms with Gasteiger partial charge < -0.3 is 9.80 Å². The van der Waals surface area contributed by atoms with Crippen LogP contribution in [0.1, 0.15) is 19.3 Å². The summed E-state index contributed by atoms with van der Waals surface area (Å²) in [5.41, 5.74) is 0. The lowest BCUT2D eigenvalue weighted by molar-refractivity contribution is -0.129. The zero-order valence-electron chi connectivity index (χ0n) is 10.3. The van der Waals surface area contributed by atoms with Gasteiger partial charge in [0.05, 0.1) is 0 Å². The van der Waals surface area contributed by atoms with E-state index in [1.807, 2.05) is 0 Å². The highest BCUT2D eigenvalue weighted by atomic mass is 79.9. The topological polar surface area (TPSA) is 40.6 Å². The maximum Gasteiger partial charge on any atom is 0.251 e. The van der Waals surface area contributed by atoms with Crippen LogP contribution in [-0.2, 0) is 9.59 Å². The molecule has 1 saturated heterocycles. The van der Waals surface area contributed by atoms with Gasteiger partial charge in [0.1, 0.15) is 0 Å². The average Bonchev–Trinajstić information content (AvgIpc) is 2.48. The molecule has 1 rings (SSSR count). The van der Waals surface area contributed by atoms with Crippen LogP contribution in [0, 0.1) is 0 Å². The quantitative estimate of drug-likeness (QED) is 0.622. The number of hydrogen-bond donors (Lipinski definition) is 0. The second kappa shape index (κ2) is 8.70. The Bertz CT molecular complexity index is 300. The standard InChI is InChI=1S/C11H16Br2Cl2N2O2/c12-8(14)10(18)16-4-1-2-5-17(7-3-6-16)11(19)9(13)15/h8-9H,1-7H2. The Labute approximate surface area is 140 Å². The highest BCUT2D eigenvalue weighted by Crippen LogP contribution is 2.15. The molecule has 8 heteroatoms. The summed E-state index contributed by atoms with van der Waals surface area (Å²) in [6.07, 6.45) is 2.42. The lowest BCUT2D eigenvalue weighted by Gasteiger charge is -2.23. The molecule has 1 heterocycles. The SMILES string of the molecule is O=C(C(Cl)Br)N1CCCCN(C(=O)C(Cl)Br)CCC1. The van der Waals surface area contributed by atoms with Gasteiger partial charge in [-0.2, -0.15) is 0 Å². The van der Waals surface area contributed by atoms with E-state index in [4.69, 9.17) is 23.2 Å². The van der Waals surface area contributed by atoms with Gasteiger partial charge in [-0.25, -0.2) is 0 Å². The largest absolute Gasteiger partial charge is 0.341 e. The smallest absolute Gasteiger partial charge is 0.251 e. The van der Waals surface area contributed by atoms with Crippen LogP contribution in [0.5, 0.6) is 0 Å². The third kappa shape index (κ3) is 5.78. The summed E-state index contributed by atoms with van der Waals surface area (Å²) in [6.45, 7) is 2.56. The van der Waals surface area contributed by atoms with Gasteiger partial charge in [0.2, 0.25) is 0 Å². The fourth-order valence-electron chi connectivity index (χ4n) is 2.00. The zero-order valence-corrected chi connectivity index (χ0v) is 15.0. The third-order valence-electron chi connectivity index (χ3n) is 2.96. The van der Waals surface area contributed by atoms with E-state index in [-0.39, 0.29) is 11.8 Å². The Morgan fingerprint density at radius 2 is 1.11 bits per heavy atom. The van der Waals surface area contributed by atoms with Crippen LogP contribution in [0.4, 0.5) is 0 Å². The minimum absolute atomic E-state index is 0.114. The first-order chi connectivity index (χ1) is 8.93. The average molecular weight is 439 g/mol. The van der Waals surface area contributed by atoms with Gasteiger partial charge in [0.15, 0.2) is 8.57 Å². The molecule has 0 aromatic carbocycles. The van der Waals surface area contributed by atoms with Gasteiger partial charge in [-0.05, 0) is 19.3 Å². The van der Waals surface area contributed by atoms with Gasteiger partial charge in [-0.3, -0.25) is 9.59 Å². The van der Waals surface area contributed by atoms with Crippen molar-refractivity contribution in [3.05, 3.63) is 0 Å². The lowest BCUT2D eigenvalue weighted by atomic mass is 10.3. The number of halogens is 4. The first kappa shape index (κ1) is 17.5. The number of rotatable bonds is 2. The molecule has 0 spiro atoms. The van der Waals surface area contributed by atoms with Crippen molar-refractivity contribution in [3.8, 4) is 0 Å². The summed E-state index contributed by atoms with van der Waals surface area (Å²) in [4.78, 5) is 27.2. The third-order valence-corrected chi connectivity index (χ3v) is 4.12. The van der Waals surface area contributed by atoms with Crippen LogP contribution in [0.25, 0.3) is 0 Å². The van der Waals surface area contributed by atoms with E-state index >= 15 is 0 Å². The van der Waals surface area contributed by atoms with Crippen LogP contribution in [-0.4, -0.2) is 56.4 Å². The molecule has 0 radical (unpaired) electrons. The molecule has 0 aromatic heterocycles. The molecule has 0 aromatic rings. The molecule has 2 unspecified atom stereocenters. The van der Waals surface area contributed by atoms with Gasteiger partial charge in [0.25, 0.3) is 11.8 Å². The molecular weight excluding hydrogens is 423 g/mol. The van der Waals surface area contributed by atoms with E-state index < -0.39 is 8.57 Å². The summed E-state index contributed by atoms with van der Waals surface area (Å²) in [6, 6.07) is 0. The van der Waals surface area contributed by atoms with Crippen molar-refractivity contribution in [2.75, 3.05) is 26.2 Å². The highest BCUT2D eigenvalue weighted by Gasteiger charge is 2.23. The maximum absolute atomic E-state index is 11.8. The van der Waals surface area contributed by atoms with Crippen LogP contribution in [0.15, 0.2) is 0 Å². The fourth-order valence-corrected chi connectivity index (χ4v) is 2.85. The molecule has 1 fully saturated rings. The van der Waals surface area contributed by atoms with E-state index in [0.717, 1.165) is 19.3 Å². The van der Waals surface area contributed by atoms with Crippen molar-refractivity contribution in [1.82, 2.24) is 9.80 Å². The van der Waals surface area contributed by atoms with E-state index in [2.05, 4.69) is 31.9 Å². The number of nitrogens with zero attached hydrogens (tertiary/aromatic N) is 2. The van der Waals surface area contributed by atoms with Crippen molar-refractivity contribution >= 4 is 66.9 Å². The van der Waals surface area contributed by atoms with E-state index in [0.29, 0.717) is 26.2 Å². The first-order valence-corrected chi connectivity index (χ1v) is 8.77. The number of amides is 2. The first-order valence-electron chi connectivity index (χ1n) is 6.07. The van der Waals surface area contributed by atoms with Crippen molar-refractivity contribution < 1.29 is 9.59 Å². The molecule has 110 valence electrons. The molecule has 2 atom stereocenters. The zero-order chi connectivity index (χ0) is 14.4. The van der Waals surface area contributed by atoms with Crippen molar-refractivity contribution in [2.24, 2.45) is 0 Å². The van der Waals surface area contributed by atoms with E-state index in [1.54, 1.807) is 9.80 Å². The Morgan fingerprint density at radius 1 is 0.789 bits per heavy atom. The monoisotopic (exact) mass is 436 g/mol. The molecule has 1 aliphatic heterocycles. The molecule has 0 bridgehead atoms. The van der Waals surface area contributed by atoms with Gasteiger partial charge in [-0.15, -0.1) is 0 Å².